The average molecular weight is 243 g/mol. The van der Waals surface area contributed by atoms with Gasteiger partial charge in [0.25, 0.3) is 5.88 Å². The Morgan fingerprint density at radius 3 is 2.75 bits per heavy atom. The van der Waals surface area contributed by atoms with Crippen molar-refractivity contribution >= 4 is 15.5 Å². The minimum Gasteiger partial charge on any atom is -0.478 e. The van der Waals surface area contributed by atoms with Crippen LogP contribution in [-0.4, -0.2) is 31.5 Å². The second-order valence-corrected chi connectivity index (χ2v) is 6.03. The van der Waals surface area contributed by atoms with Gasteiger partial charge in [-0.2, -0.15) is 5.10 Å². The van der Waals surface area contributed by atoms with Crippen molar-refractivity contribution in [2.45, 2.75) is 18.1 Å². The monoisotopic (exact) mass is 243 g/mol. The van der Waals surface area contributed by atoms with E-state index in [0.29, 0.717) is 24.2 Å². The molecule has 2 rings (SSSR count). The summed E-state index contributed by atoms with van der Waals surface area (Å²) in [5, 5.41) is 7.04. The lowest BCUT2D eigenvalue weighted by atomic mass is 10.2. The number of hydrogen-bond acceptors (Lipinski definition) is 6. The second-order valence-electron chi connectivity index (χ2n) is 3.73. The predicted octanol–water partition coefficient (Wildman–Crippen LogP) is 0.317. The molecule has 0 bridgehead atoms. The van der Waals surface area contributed by atoms with Gasteiger partial charge in [-0.25, -0.2) is 8.42 Å². The number of nitrogens with two attached hydrogens (primary N) is 1. The lowest BCUT2D eigenvalue weighted by Gasteiger charge is -2.09. The Morgan fingerprint density at radius 1 is 1.50 bits per heavy atom. The zero-order chi connectivity index (χ0) is 11.8. The first-order valence-corrected chi connectivity index (χ1v) is 6.65. The van der Waals surface area contributed by atoms with Crippen molar-refractivity contribution in [2.75, 3.05) is 18.6 Å². The van der Waals surface area contributed by atoms with Crippen LogP contribution in [0.1, 0.15) is 23.8 Å². The van der Waals surface area contributed by atoms with Crippen molar-refractivity contribution < 1.29 is 13.2 Å². The first-order chi connectivity index (χ1) is 7.54. The van der Waals surface area contributed by atoms with Crippen molar-refractivity contribution in [3.05, 3.63) is 11.8 Å². The largest absolute Gasteiger partial charge is 0.478 e. The molecule has 1 saturated heterocycles. The quantitative estimate of drug-likeness (QED) is 0.803. The van der Waals surface area contributed by atoms with E-state index in [1.54, 1.807) is 0 Å². The molecule has 16 heavy (non-hydrogen) atoms. The van der Waals surface area contributed by atoms with E-state index < -0.39 is 15.1 Å². The SMILES string of the molecule is COc1nnc(C2CCCS2(=O)=O)cc1N. The Morgan fingerprint density at radius 2 is 2.25 bits per heavy atom. The van der Waals surface area contributed by atoms with Crippen LogP contribution in [0.25, 0.3) is 0 Å². The summed E-state index contributed by atoms with van der Waals surface area (Å²) < 4.78 is 28.2. The van der Waals surface area contributed by atoms with Crippen molar-refractivity contribution in [1.29, 1.82) is 0 Å². The van der Waals surface area contributed by atoms with Gasteiger partial charge in [0.15, 0.2) is 9.84 Å². The summed E-state index contributed by atoms with van der Waals surface area (Å²) in [6.45, 7) is 0. The summed E-state index contributed by atoms with van der Waals surface area (Å²) >= 11 is 0. The third-order valence-corrected chi connectivity index (χ3v) is 4.86. The van der Waals surface area contributed by atoms with Crippen LogP contribution >= 0.6 is 0 Å². The first-order valence-electron chi connectivity index (χ1n) is 4.93. The summed E-state index contributed by atoms with van der Waals surface area (Å²) in [6, 6.07) is 1.53. The lowest BCUT2D eigenvalue weighted by Crippen LogP contribution is -2.11. The maximum Gasteiger partial charge on any atom is 0.256 e. The van der Waals surface area contributed by atoms with E-state index in [2.05, 4.69) is 10.2 Å². The van der Waals surface area contributed by atoms with Crippen molar-refractivity contribution in [1.82, 2.24) is 10.2 Å². The molecule has 0 saturated carbocycles. The minimum atomic E-state index is -3.08. The number of hydrogen-bond donors (Lipinski definition) is 1. The zero-order valence-corrected chi connectivity index (χ0v) is 9.70. The molecule has 2 N–H and O–H groups in total. The van der Waals surface area contributed by atoms with E-state index in [4.69, 9.17) is 10.5 Å². The normalized spacial score (nSPS) is 23.2. The zero-order valence-electron chi connectivity index (χ0n) is 8.88. The molecule has 88 valence electrons. The second kappa shape index (κ2) is 3.89. The van der Waals surface area contributed by atoms with Gasteiger partial charge in [0.1, 0.15) is 5.25 Å². The molecule has 0 aromatic carbocycles. The highest BCUT2D eigenvalue weighted by Gasteiger charge is 2.34. The van der Waals surface area contributed by atoms with Crippen LogP contribution in [0.15, 0.2) is 6.07 Å². The standard InChI is InChI=1S/C9H13N3O3S/c1-15-9-6(10)5-7(11-12-9)8-3-2-4-16(8,13)14/h5,8H,2-4H2,1H3,(H2,10,11). The number of methoxy groups -OCH3 is 1. The Bertz CT molecular complexity index is 501. The maximum absolute atomic E-state index is 11.7. The summed E-state index contributed by atoms with van der Waals surface area (Å²) in [6.07, 6.45) is 1.25. The van der Waals surface area contributed by atoms with Crippen molar-refractivity contribution in [2.24, 2.45) is 0 Å². The van der Waals surface area contributed by atoms with E-state index in [0.717, 1.165) is 0 Å². The number of sulfone groups is 1. The Labute approximate surface area is 93.7 Å². The fourth-order valence-corrected chi connectivity index (χ4v) is 3.71. The average Bonchev–Trinajstić information content (AvgIpc) is 2.58. The van der Waals surface area contributed by atoms with Gasteiger partial charge in [0, 0.05) is 0 Å². The van der Waals surface area contributed by atoms with Crippen LogP contribution in [-0.2, 0) is 9.84 Å². The van der Waals surface area contributed by atoms with Gasteiger partial charge in [0.2, 0.25) is 0 Å². The van der Waals surface area contributed by atoms with Crippen LogP contribution in [0.3, 0.4) is 0 Å². The van der Waals surface area contributed by atoms with Crippen LogP contribution in [0.4, 0.5) is 5.69 Å². The molecule has 6 nitrogen and oxygen atoms in total. The van der Waals surface area contributed by atoms with Gasteiger partial charge in [-0.1, -0.05) is 0 Å². The van der Waals surface area contributed by atoms with E-state index >= 15 is 0 Å². The Hall–Kier alpha value is -1.37. The summed E-state index contributed by atoms with van der Waals surface area (Å²) in [4.78, 5) is 0. The van der Waals surface area contributed by atoms with E-state index in [9.17, 15) is 8.42 Å². The molecule has 1 aliphatic rings. The third-order valence-electron chi connectivity index (χ3n) is 2.66. The molecule has 1 atom stereocenters. The molecular formula is C9H13N3O3S. The smallest absolute Gasteiger partial charge is 0.256 e. The molecule has 1 aromatic rings. The molecule has 2 heterocycles. The Balaban J connectivity index is 2.39. The summed E-state index contributed by atoms with van der Waals surface area (Å²) in [5.41, 5.74) is 6.39. The van der Waals surface area contributed by atoms with Gasteiger partial charge >= 0.3 is 0 Å². The number of rotatable bonds is 2. The first kappa shape index (κ1) is 11.1. The minimum absolute atomic E-state index is 0.214. The van der Waals surface area contributed by atoms with Crippen LogP contribution in [0.2, 0.25) is 0 Å². The van der Waals surface area contributed by atoms with E-state index in [-0.39, 0.29) is 11.6 Å². The molecule has 0 radical (unpaired) electrons. The molecule has 1 unspecified atom stereocenters. The maximum atomic E-state index is 11.7. The van der Waals surface area contributed by atoms with Gasteiger partial charge in [-0.05, 0) is 18.9 Å². The highest BCUT2D eigenvalue weighted by Crippen LogP contribution is 2.34. The number of aromatic nitrogens is 2. The number of nitrogens with zero attached hydrogens (tertiary/aromatic N) is 2. The topological polar surface area (TPSA) is 95.2 Å². The fraction of sp³-hybridized carbons (Fsp3) is 0.556. The fourth-order valence-electron chi connectivity index (χ4n) is 1.85. The number of nitrogen functional groups attached to an aromatic ring is 1. The molecule has 7 heteroatoms. The lowest BCUT2D eigenvalue weighted by molar-refractivity contribution is 0.393. The van der Waals surface area contributed by atoms with Crippen molar-refractivity contribution in [3.63, 3.8) is 0 Å². The molecule has 0 amide bonds. The highest BCUT2D eigenvalue weighted by molar-refractivity contribution is 7.91. The van der Waals surface area contributed by atoms with E-state index in [1.807, 2.05) is 0 Å². The highest BCUT2D eigenvalue weighted by atomic mass is 32.2. The van der Waals surface area contributed by atoms with Gasteiger partial charge in [0.05, 0.1) is 24.2 Å². The summed E-state index contributed by atoms with van der Waals surface area (Å²) in [5.74, 6) is 0.435. The van der Waals surface area contributed by atoms with Gasteiger partial charge in [-0.15, -0.1) is 5.10 Å². The molecule has 1 aromatic heterocycles. The molecule has 0 aliphatic carbocycles. The summed E-state index contributed by atoms with van der Waals surface area (Å²) in [7, 11) is -1.64. The van der Waals surface area contributed by atoms with Gasteiger partial charge < -0.3 is 10.5 Å². The molecule has 1 aliphatic heterocycles. The van der Waals surface area contributed by atoms with E-state index in [1.165, 1.54) is 13.2 Å². The molecule has 0 spiro atoms. The third kappa shape index (κ3) is 1.82. The van der Waals surface area contributed by atoms with Crippen LogP contribution < -0.4 is 10.5 Å². The van der Waals surface area contributed by atoms with Gasteiger partial charge in [-0.3, -0.25) is 0 Å². The molecular weight excluding hydrogens is 230 g/mol. The molecule has 1 fully saturated rings. The Kier molecular flexibility index (Phi) is 2.71. The predicted molar refractivity (Wildman–Crippen MR) is 58.8 cm³/mol. The van der Waals surface area contributed by atoms with Crippen molar-refractivity contribution in [3.8, 4) is 5.88 Å². The van der Waals surface area contributed by atoms with Crippen LogP contribution in [0, 0.1) is 0 Å². The van der Waals surface area contributed by atoms with Crippen LogP contribution in [0.5, 0.6) is 5.88 Å². The number of anilines is 1. The number of ether oxygens (including phenoxy) is 1.